The van der Waals surface area contributed by atoms with Gasteiger partial charge < -0.3 is 4.90 Å². The molecule has 332 valence electrons. The number of benzene rings is 12. The molecule has 15 rings (SSSR count). The molecule has 3 aliphatic carbocycles. The highest BCUT2D eigenvalue weighted by Gasteiger charge is 2.52. The monoisotopic (exact) mass is 901 g/mol. The van der Waals surface area contributed by atoms with Crippen LogP contribution < -0.4 is 4.90 Å². The van der Waals surface area contributed by atoms with Crippen LogP contribution in [0.2, 0.25) is 0 Å². The maximum atomic E-state index is 2.56. The van der Waals surface area contributed by atoms with Gasteiger partial charge in [0.25, 0.3) is 0 Å². The molecule has 3 aliphatic rings. The molecule has 0 heterocycles. The Hall–Kier alpha value is -8.78. The average Bonchev–Trinajstić information content (AvgIpc) is 3.99. The summed E-state index contributed by atoms with van der Waals surface area (Å²) in [6, 6.07) is 93.8. The van der Waals surface area contributed by atoms with Crippen LogP contribution in [-0.4, -0.2) is 0 Å². The van der Waals surface area contributed by atoms with Crippen LogP contribution >= 0.6 is 0 Å². The van der Waals surface area contributed by atoms with E-state index in [2.05, 4.69) is 267 Å². The van der Waals surface area contributed by atoms with Crippen molar-refractivity contribution < 1.29 is 0 Å². The predicted octanol–water partition coefficient (Wildman–Crippen LogP) is 18.6. The van der Waals surface area contributed by atoms with Crippen molar-refractivity contribution in [1.82, 2.24) is 0 Å². The second kappa shape index (κ2) is 14.9. The molecule has 12 aromatic rings. The fraction of sp³-hybridized carbons (Fsp3) is 0.0571. The normalized spacial score (nSPS) is 14.0. The molecule has 1 heteroatoms. The van der Waals surface area contributed by atoms with Crippen LogP contribution in [0.4, 0.5) is 17.1 Å². The Bertz CT molecular complexity index is 4110. The summed E-state index contributed by atoms with van der Waals surface area (Å²) in [4.78, 5) is 2.52. The fourth-order valence-electron chi connectivity index (χ4n) is 13.3. The minimum atomic E-state index is -0.502. The second-order valence-corrected chi connectivity index (χ2v) is 20.3. The zero-order chi connectivity index (χ0) is 47.0. The average molecular weight is 902 g/mol. The van der Waals surface area contributed by atoms with Gasteiger partial charge in [0.05, 0.1) is 11.1 Å². The number of anilines is 3. The van der Waals surface area contributed by atoms with E-state index in [1.54, 1.807) is 0 Å². The van der Waals surface area contributed by atoms with Gasteiger partial charge in [-0.1, -0.05) is 220 Å². The number of rotatable bonds is 5. The zero-order valence-corrected chi connectivity index (χ0v) is 39.6. The Morgan fingerprint density at radius 2 is 0.704 bits per heavy atom. The maximum absolute atomic E-state index is 2.56. The molecule has 0 saturated heterocycles. The number of para-hydroxylation sites is 1. The lowest BCUT2D eigenvalue weighted by molar-refractivity contribution is 0.660. The summed E-state index contributed by atoms with van der Waals surface area (Å²) in [6.07, 6.45) is 0. The summed E-state index contributed by atoms with van der Waals surface area (Å²) in [5.41, 5.74) is 23.6. The van der Waals surface area contributed by atoms with Crippen molar-refractivity contribution in [3.8, 4) is 55.6 Å². The van der Waals surface area contributed by atoms with Crippen molar-refractivity contribution in [2.75, 3.05) is 4.90 Å². The lowest BCUT2D eigenvalue weighted by Crippen LogP contribution is -2.26. The van der Waals surface area contributed by atoms with Crippen molar-refractivity contribution in [3.63, 3.8) is 0 Å². The molecule has 0 amide bonds. The fourth-order valence-corrected chi connectivity index (χ4v) is 13.3. The first-order chi connectivity index (χ1) is 35.0. The first-order valence-electron chi connectivity index (χ1n) is 25.0. The Balaban J connectivity index is 0.995. The van der Waals surface area contributed by atoms with Crippen LogP contribution in [0, 0.1) is 0 Å². The topological polar surface area (TPSA) is 3.24 Å². The standard InChI is InChI=1S/C70H47N/c1-69(2)62-28-14-10-24-54(62)58-38-36-46(40-66(58)69)44-32-34-45(35-33-44)59-42-61-57-27-13-17-31-65(57)70(63-29-15-11-25-55(63)56-26-12-16-30-64(56)70)67(61)43-68(59)71(47-18-4-3-5-19-47)48-37-39-53-51-22-7-6-20-49(51)50-21-8-9-23-52(50)60(53)41-48/h3-43H,1-2H3. The third kappa shape index (κ3) is 5.52. The van der Waals surface area contributed by atoms with Gasteiger partial charge in [0.15, 0.2) is 0 Å². The van der Waals surface area contributed by atoms with Crippen LogP contribution in [-0.2, 0) is 10.8 Å². The highest BCUT2D eigenvalue weighted by atomic mass is 15.1. The van der Waals surface area contributed by atoms with E-state index in [1.165, 1.54) is 121 Å². The van der Waals surface area contributed by atoms with Gasteiger partial charge in [-0.3, -0.25) is 0 Å². The van der Waals surface area contributed by atoms with Gasteiger partial charge in [-0.25, -0.2) is 0 Å². The van der Waals surface area contributed by atoms with Gasteiger partial charge in [-0.05, 0) is 158 Å². The molecular formula is C70H47N. The first kappa shape index (κ1) is 40.1. The summed E-state index contributed by atoms with van der Waals surface area (Å²) < 4.78 is 0. The molecule has 0 radical (unpaired) electrons. The highest BCUT2D eigenvalue weighted by molar-refractivity contribution is 6.26. The molecular weight excluding hydrogens is 855 g/mol. The van der Waals surface area contributed by atoms with E-state index < -0.39 is 5.41 Å². The number of nitrogens with zero attached hydrogens (tertiary/aromatic N) is 1. The van der Waals surface area contributed by atoms with Crippen molar-refractivity contribution in [1.29, 1.82) is 0 Å². The Kier molecular flexibility index (Phi) is 8.40. The number of fused-ring (bicyclic) bond motifs is 19. The molecule has 0 unspecified atom stereocenters. The second-order valence-electron chi connectivity index (χ2n) is 20.3. The maximum Gasteiger partial charge on any atom is 0.0726 e. The molecule has 1 nitrogen and oxygen atoms in total. The van der Waals surface area contributed by atoms with Crippen LogP contribution in [0.1, 0.15) is 47.2 Å². The van der Waals surface area contributed by atoms with E-state index in [0.29, 0.717) is 0 Å². The lowest BCUT2D eigenvalue weighted by atomic mass is 9.70. The molecule has 0 atom stereocenters. The molecule has 0 N–H and O–H groups in total. The van der Waals surface area contributed by atoms with E-state index in [-0.39, 0.29) is 5.41 Å². The lowest BCUT2D eigenvalue weighted by Gasteiger charge is -2.33. The summed E-state index contributed by atoms with van der Waals surface area (Å²) in [6.45, 7) is 4.73. The Morgan fingerprint density at radius 1 is 0.254 bits per heavy atom. The SMILES string of the molecule is CC1(C)c2ccccc2-c2ccc(-c3ccc(-c4cc5c(cc4N(c4ccccc4)c4ccc6c7ccccc7c7ccccc7c6c4)C4(c6ccccc6-c6ccccc64)c4ccccc4-5)cc3)cc21. The van der Waals surface area contributed by atoms with Crippen molar-refractivity contribution in [2.24, 2.45) is 0 Å². The first-order valence-corrected chi connectivity index (χ1v) is 25.0. The largest absolute Gasteiger partial charge is 0.310 e. The quantitative estimate of drug-likeness (QED) is 0.156. The number of hydrogen-bond acceptors (Lipinski definition) is 1. The molecule has 0 aromatic heterocycles. The van der Waals surface area contributed by atoms with Crippen LogP contribution in [0.5, 0.6) is 0 Å². The molecule has 1 spiro atoms. The van der Waals surface area contributed by atoms with Crippen molar-refractivity contribution in [2.45, 2.75) is 24.7 Å². The third-order valence-electron chi connectivity index (χ3n) is 16.5. The van der Waals surface area contributed by atoms with Crippen molar-refractivity contribution in [3.05, 3.63) is 282 Å². The summed E-state index contributed by atoms with van der Waals surface area (Å²) >= 11 is 0. The van der Waals surface area contributed by atoms with Gasteiger partial charge in [0, 0.05) is 22.4 Å². The van der Waals surface area contributed by atoms with E-state index in [1.807, 2.05) is 0 Å². The van der Waals surface area contributed by atoms with Gasteiger partial charge in [-0.2, -0.15) is 0 Å². The van der Waals surface area contributed by atoms with Crippen LogP contribution in [0.3, 0.4) is 0 Å². The van der Waals surface area contributed by atoms with Gasteiger partial charge in [0.1, 0.15) is 0 Å². The predicted molar refractivity (Wildman–Crippen MR) is 298 cm³/mol. The third-order valence-corrected chi connectivity index (χ3v) is 16.5. The zero-order valence-electron chi connectivity index (χ0n) is 39.6. The highest BCUT2D eigenvalue weighted by Crippen LogP contribution is 2.64. The molecule has 0 bridgehead atoms. The minimum absolute atomic E-state index is 0.0712. The van der Waals surface area contributed by atoms with E-state index in [9.17, 15) is 0 Å². The van der Waals surface area contributed by atoms with Crippen LogP contribution in [0.15, 0.2) is 249 Å². The Morgan fingerprint density at radius 3 is 1.31 bits per heavy atom. The molecule has 0 aliphatic heterocycles. The Labute approximate surface area is 414 Å². The summed E-state index contributed by atoms with van der Waals surface area (Å²) in [5, 5.41) is 7.58. The number of hydrogen-bond donors (Lipinski definition) is 0. The van der Waals surface area contributed by atoms with Gasteiger partial charge in [-0.15, -0.1) is 0 Å². The minimum Gasteiger partial charge on any atom is -0.310 e. The summed E-state index contributed by atoms with van der Waals surface area (Å²) in [5.74, 6) is 0. The van der Waals surface area contributed by atoms with Crippen LogP contribution in [0.25, 0.3) is 88.0 Å². The molecule has 71 heavy (non-hydrogen) atoms. The molecule has 0 fully saturated rings. The van der Waals surface area contributed by atoms with Gasteiger partial charge in [0.2, 0.25) is 0 Å². The molecule has 0 saturated carbocycles. The van der Waals surface area contributed by atoms with E-state index in [4.69, 9.17) is 0 Å². The molecule has 12 aromatic carbocycles. The van der Waals surface area contributed by atoms with Gasteiger partial charge >= 0.3 is 0 Å². The van der Waals surface area contributed by atoms with Crippen molar-refractivity contribution >= 4 is 49.4 Å². The van der Waals surface area contributed by atoms with E-state index in [0.717, 1.165) is 17.1 Å². The van der Waals surface area contributed by atoms with E-state index >= 15 is 0 Å². The smallest absolute Gasteiger partial charge is 0.0726 e. The summed E-state index contributed by atoms with van der Waals surface area (Å²) in [7, 11) is 0.